The van der Waals surface area contributed by atoms with Gasteiger partial charge in [-0.1, -0.05) is 6.92 Å². The van der Waals surface area contributed by atoms with E-state index < -0.39 is 27.3 Å². The molecule has 0 aromatic heterocycles. The lowest BCUT2D eigenvalue weighted by Gasteiger charge is -2.16. The first kappa shape index (κ1) is 14.5. The lowest BCUT2D eigenvalue weighted by atomic mass is 10.2. The number of rotatable bonds is 5. The Morgan fingerprint density at radius 1 is 1.39 bits per heavy atom. The molecule has 0 amide bonds. The Morgan fingerprint density at radius 2 is 2.00 bits per heavy atom. The number of benzene rings is 1. The highest BCUT2D eigenvalue weighted by atomic mass is 32.2. The first-order chi connectivity index (χ1) is 8.30. The van der Waals surface area contributed by atoms with E-state index in [4.69, 9.17) is 5.11 Å². The zero-order chi connectivity index (χ0) is 13.9. The number of hydrogen-bond donors (Lipinski definition) is 2. The monoisotopic (exact) mass is 273 g/mol. The summed E-state index contributed by atoms with van der Waals surface area (Å²) in [7, 11) is -2.29. The highest BCUT2D eigenvalue weighted by Gasteiger charge is 2.22. The van der Waals surface area contributed by atoms with Crippen molar-refractivity contribution >= 4 is 16.0 Å². The number of aromatic hydroxyl groups is 1. The molecule has 0 saturated heterocycles. The molecule has 0 aliphatic rings. The standard InChI is InChI=1S/C11H15NO5S/c1-3-6-12(2)18(16,17)8-4-5-10(13)9(7-8)11(14)15/h4-5,7,13H,3,6H2,1-2H3,(H,14,15). The van der Waals surface area contributed by atoms with Crippen molar-refractivity contribution in [1.82, 2.24) is 4.31 Å². The van der Waals surface area contributed by atoms with E-state index in [1.54, 1.807) is 0 Å². The Kier molecular flexibility index (Phi) is 4.31. The van der Waals surface area contributed by atoms with Crippen LogP contribution in [0.15, 0.2) is 23.1 Å². The van der Waals surface area contributed by atoms with Crippen molar-refractivity contribution in [2.45, 2.75) is 18.2 Å². The summed E-state index contributed by atoms with van der Waals surface area (Å²) in [6, 6.07) is 3.21. The van der Waals surface area contributed by atoms with Gasteiger partial charge in [-0.15, -0.1) is 0 Å². The molecule has 1 aromatic carbocycles. The smallest absolute Gasteiger partial charge is 0.339 e. The van der Waals surface area contributed by atoms with Gasteiger partial charge in [0.05, 0.1) is 4.90 Å². The van der Waals surface area contributed by atoms with Gasteiger partial charge in [0.25, 0.3) is 0 Å². The van der Waals surface area contributed by atoms with Crippen LogP contribution in [0.25, 0.3) is 0 Å². The lowest BCUT2D eigenvalue weighted by Crippen LogP contribution is -2.27. The minimum Gasteiger partial charge on any atom is -0.507 e. The van der Waals surface area contributed by atoms with E-state index in [1.807, 2.05) is 6.92 Å². The zero-order valence-corrected chi connectivity index (χ0v) is 10.9. The Morgan fingerprint density at radius 3 is 2.50 bits per heavy atom. The number of sulfonamides is 1. The van der Waals surface area contributed by atoms with Crippen LogP contribution in [0.2, 0.25) is 0 Å². The fraction of sp³-hybridized carbons (Fsp3) is 0.364. The van der Waals surface area contributed by atoms with Crippen LogP contribution in [-0.2, 0) is 10.0 Å². The van der Waals surface area contributed by atoms with Gasteiger partial charge in [0.2, 0.25) is 10.0 Å². The van der Waals surface area contributed by atoms with Crippen molar-refractivity contribution < 1.29 is 23.4 Å². The molecule has 0 unspecified atom stereocenters. The Balaban J connectivity index is 3.26. The third-order valence-electron chi connectivity index (χ3n) is 2.45. The molecule has 2 N–H and O–H groups in total. The number of nitrogens with zero attached hydrogens (tertiary/aromatic N) is 1. The summed E-state index contributed by atoms with van der Waals surface area (Å²) in [6.45, 7) is 2.18. The van der Waals surface area contributed by atoms with E-state index in [9.17, 15) is 18.3 Å². The number of carboxylic acid groups (broad SMARTS) is 1. The molecule has 1 rings (SSSR count). The van der Waals surface area contributed by atoms with Crippen LogP contribution in [0.4, 0.5) is 0 Å². The fourth-order valence-electron chi connectivity index (χ4n) is 1.46. The Bertz CT molecular complexity index is 553. The zero-order valence-electron chi connectivity index (χ0n) is 10.1. The summed E-state index contributed by atoms with van der Waals surface area (Å²) in [5.41, 5.74) is -0.430. The molecule has 18 heavy (non-hydrogen) atoms. The largest absolute Gasteiger partial charge is 0.507 e. The minimum absolute atomic E-state index is 0.145. The van der Waals surface area contributed by atoms with Gasteiger partial charge in [0.1, 0.15) is 11.3 Å². The molecule has 0 aliphatic heterocycles. The van der Waals surface area contributed by atoms with Crippen molar-refractivity contribution in [1.29, 1.82) is 0 Å². The van der Waals surface area contributed by atoms with Crippen molar-refractivity contribution in [2.24, 2.45) is 0 Å². The van der Waals surface area contributed by atoms with Crippen molar-refractivity contribution in [3.63, 3.8) is 0 Å². The van der Waals surface area contributed by atoms with Crippen molar-refractivity contribution in [2.75, 3.05) is 13.6 Å². The highest BCUT2D eigenvalue weighted by molar-refractivity contribution is 7.89. The predicted molar refractivity (Wildman–Crippen MR) is 65.2 cm³/mol. The molecule has 0 bridgehead atoms. The number of carbonyl (C=O) groups is 1. The van der Waals surface area contributed by atoms with Gasteiger partial charge in [-0.3, -0.25) is 0 Å². The average molecular weight is 273 g/mol. The maximum Gasteiger partial charge on any atom is 0.339 e. The third kappa shape index (κ3) is 2.80. The second-order valence-corrected chi connectivity index (χ2v) is 5.86. The molecule has 0 heterocycles. The normalized spacial score (nSPS) is 11.7. The summed E-state index contributed by atoms with van der Waals surface area (Å²) in [4.78, 5) is 10.7. The molecular weight excluding hydrogens is 258 g/mol. The topological polar surface area (TPSA) is 94.9 Å². The number of carboxylic acids is 1. The summed E-state index contributed by atoms with van der Waals surface area (Å²) >= 11 is 0. The summed E-state index contributed by atoms with van der Waals surface area (Å²) in [6.07, 6.45) is 0.652. The molecule has 6 nitrogen and oxygen atoms in total. The van der Waals surface area contributed by atoms with Gasteiger partial charge in [0, 0.05) is 13.6 Å². The molecule has 0 atom stereocenters. The second-order valence-electron chi connectivity index (χ2n) is 3.81. The fourth-order valence-corrected chi connectivity index (χ4v) is 2.75. The van der Waals surface area contributed by atoms with Crippen molar-refractivity contribution in [3.8, 4) is 5.75 Å². The number of aromatic carboxylic acids is 1. The number of hydrogen-bond acceptors (Lipinski definition) is 4. The molecule has 7 heteroatoms. The van der Waals surface area contributed by atoms with Crippen LogP contribution >= 0.6 is 0 Å². The molecule has 1 aromatic rings. The summed E-state index contributed by atoms with van der Waals surface area (Å²) < 4.78 is 25.3. The summed E-state index contributed by atoms with van der Waals surface area (Å²) in [5.74, 6) is -1.83. The van der Waals surface area contributed by atoms with E-state index >= 15 is 0 Å². The lowest BCUT2D eigenvalue weighted by molar-refractivity contribution is 0.0693. The predicted octanol–water partition coefficient (Wildman–Crippen LogP) is 1.12. The van der Waals surface area contributed by atoms with E-state index in [0.717, 1.165) is 16.4 Å². The van der Waals surface area contributed by atoms with Gasteiger partial charge >= 0.3 is 5.97 Å². The van der Waals surface area contributed by atoms with Gasteiger partial charge < -0.3 is 10.2 Å². The van der Waals surface area contributed by atoms with Gasteiger partial charge in [-0.25, -0.2) is 17.5 Å². The first-order valence-corrected chi connectivity index (χ1v) is 6.77. The molecule has 0 fully saturated rings. The van der Waals surface area contributed by atoms with E-state index in [0.29, 0.717) is 13.0 Å². The van der Waals surface area contributed by atoms with Crippen LogP contribution in [0, 0.1) is 0 Å². The molecule has 0 saturated carbocycles. The van der Waals surface area contributed by atoms with Crippen LogP contribution in [-0.4, -0.2) is 42.5 Å². The molecule has 100 valence electrons. The van der Waals surface area contributed by atoms with Crippen molar-refractivity contribution in [3.05, 3.63) is 23.8 Å². The van der Waals surface area contributed by atoms with E-state index in [2.05, 4.69) is 0 Å². The maximum atomic E-state index is 12.1. The van der Waals surface area contributed by atoms with E-state index in [1.165, 1.54) is 13.1 Å². The molecule has 0 radical (unpaired) electrons. The van der Waals surface area contributed by atoms with E-state index in [-0.39, 0.29) is 4.90 Å². The van der Waals surface area contributed by atoms with Gasteiger partial charge in [-0.2, -0.15) is 0 Å². The molecular formula is C11H15NO5S. The number of phenols is 1. The second kappa shape index (κ2) is 5.36. The first-order valence-electron chi connectivity index (χ1n) is 5.33. The highest BCUT2D eigenvalue weighted by Crippen LogP contribution is 2.23. The molecule has 0 aliphatic carbocycles. The summed E-state index contributed by atoms with van der Waals surface area (Å²) in [5, 5.41) is 18.2. The quantitative estimate of drug-likeness (QED) is 0.838. The third-order valence-corrected chi connectivity index (χ3v) is 4.30. The van der Waals surface area contributed by atoms with Crippen LogP contribution < -0.4 is 0 Å². The van der Waals surface area contributed by atoms with Crippen LogP contribution in [0.1, 0.15) is 23.7 Å². The minimum atomic E-state index is -3.72. The SMILES string of the molecule is CCCN(C)S(=O)(=O)c1ccc(O)c(C(=O)O)c1. The Labute approximate surface area is 106 Å². The Hall–Kier alpha value is -1.60. The molecule has 0 spiro atoms. The van der Waals surface area contributed by atoms with Crippen LogP contribution in [0.5, 0.6) is 5.75 Å². The van der Waals surface area contributed by atoms with Gasteiger partial charge in [0.15, 0.2) is 0 Å². The maximum absolute atomic E-state index is 12.1. The van der Waals surface area contributed by atoms with Crippen LogP contribution in [0.3, 0.4) is 0 Å². The van der Waals surface area contributed by atoms with Gasteiger partial charge in [-0.05, 0) is 24.6 Å². The average Bonchev–Trinajstić information content (AvgIpc) is 2.29.